The Morgan fingerprint density at radius 3 is 2.70 bits per heavy atom. The third kappa shape index (κ3) is 3.55. The third-order valence-corrected chi connectivity index (χ3v) is 6.25. The van der Waals surface area contributed by atoms with Gasteiger partial charge in [-0.2, -0.15) is 18.3 Å². The van der Waals surface area contributed by atoms with E-state index in [4.69, 9.17) is 0 Å². The molecule has 0 spiro atoms. The van der Waals surface area contributed by atoms with Crippen LogP contribution in [0, 0.1) is 12.7 Å². The van der Waals surface area contributed by atoms with Gasteiger partial charge < -0.3 is 4.90 Å². The van der Waals surface area contributed by atoms with Gasteiger partial charge in [0.2, 0.25) is 0 Å². The van der Waals surface area contributed by atoms with Gasteiger partial charge in [0, 0.05) is 36.6 Å². The van der Waals surface area contributed by atoms with E-state index in [-0.39, 0.29) is 6.04 Å². The van der Waals surface area contributed by atoms with Gasteiger partial charge in [-0.15, -0.1) is 0 Å². The first kappa shape index (κ1) is 21.5. The molecule has 0 N–H and O–H groups in total. The first-order valence-electron chi connectivity index (χ1n) is 10.6. The molecule has 1 saturated heterocycles. The van der Waals surface area contributed by atoms with Crippen molar-refractivity contribution in [2.45, 2.75) is 50.9 Å². The highest BCUT2D eigenvalue weighted by Gasteiger charge is 2.45. The number of rotatable bonds is 2. The predicted molar refractivity (Wildman–Crippen MR) is 108 cm³/mol. The fourth-order valence-corrected chi connectivity index (χ4v) is 4.91. The number of aryl methyl sites for hydroxylation is 2. The molecule has 0 saturated carbocycles. The average molecular weight is 460 g/mol. The molecule has 3 aromatic rings. The molecular weight excluding hydrogens is 440 g/mol. The summed E-state index contributed by atoms with van der Waals surface area (Å²) in [5.74, 6) is -1.91. The lowest BCUT2D eigenvalue weighted by Crippen LogP contribution is -2.50. The molecule has 0 aromatic carbocycles. The summed E-state index contributed by atoms with van der Waals surface area (Å²) < 4.78 is 55.9. The molecule has 2 aliphatic rings. The third-order valence-electron chi connectivity index (χ3n) is 6.25. The maximum Gasteiger partial charge on any atom is 0.436 e. The fraction of sp³-hybridized carbons (Fsp3) is 0.409. The van der Waals surface area contributed by atoms with E-state index in [9.17, 15) is 22.4 Å². The van der Waals surface area contributed by atoms with Gasteiger partial charge in [0.15, 0.2) is 11.5 Å². The van der Waals surface area contributed by atoms with Gasteiger partial charge in [0.25, 0.3) is 5.91 Å². The van der Waals surface area contributed by atoms with Crippen LogP contribution < -0.4 is 0 Å². The van der Waals surface area contributed by atoms with Gasteiger partial charge >= 0.3 is 6.18 Å². The Labute approximate surface area is 186 Å². The molecule has 0 aliphatic carbocycles. The molecule has 5 heterocycles. The van der Waals surface area contributed by atoms with Crippen molar-refractivity contribution in [1.82, 2.24) is 29.6 Å². The molecule has 2 bridgehead atoms. The average Bonchev–Trinajstić information content (AvgIpc) is 3.18. The van der Waals surface area contributed by atoms with Crippen molar-refractivity contribution in [3.63, 3.8) is 0 Å². The molecule has 2 atom stereocenters. The number of halogens is 4. The Bertz CT molecular complexity index is 1250. The highest BCUT2D eigenvalue weighted by molar-refractivity contribution is 5.95. The van der Waals surface area contributed by atoms with Crippen LogP contribution in [0.5, 0.6) is 0 Å². The lowest BCUT2D eigenvalue weighted by atomic mass is 9.81. The standard InChI is InChI=1S/C22H20F4N6O/c1-11-29-18(12-9-28-31(2)10-12)15-8-13-4-3-5-16(19(15)30-11)32(13)21(33)14-6-7-27-20(17(14)23)22(24,25)26/h6-7,9-10,13,16H,3-5,8H2,1-2H3/t13-,16+/m0/s1. The number of amides is 1. The summed E-state index contributed by atoms with van der Waals surface area (Å²) in [5, 5.41) is 4.22. The van der Waals surface area contributed by atoms with Crippen LogP contribution in [-0.4, -0.2) is 41.6 Å². The number of alkyl halides is 3. The lowest BCUT2D eigenvalue weighted by Gasteiger charge is -2.46. The number of pyridine rings is 1. The van der Waals surface area contributed by atoms with E-state index in [1.54, 1.807) is 24.9 Å². The van der Waals surface area contributed by atoms with Gasteiger partial charge in [0.1, 0.15) is 5.82 Å². The quantitative estimate of drug-likeness (QED) is 0.540. The van der Waals surface area contributed by atoms with E-state index in [1.807, 2.05) is 6.20 Å². The molecule has 3 aromatic heterocycles. The number of aromatic nitrogens is 5. The number of nitrogens with zero attached hydrogens (tertiary/aromatic N) is 6. The number of piperidine rings is 1. The van der Waals surface area contributed by atoms with E-state index in [0.717, 1.165) is 35.5 Å². The van der Waals surface area contributed by atoms with Crippen molar-refractivity contribution in [2.75, 3.05) is 0 Å². The fourth-order valence-electron chi connectivity index (χ4n) is 4.91. The largest absolute Gasteiger partial charge is 0.436 e. The summed E-state index contributed by atoms with van der Waals surface area (Å²) in [6.45, 7) is 1.75. The second kappa shape index (κ2) is 7.60. The molecule has 1 amide bonds. The molecule has 5 rings (SSSR count). The van der Waals surface area contributed by atoms with Gasteiger partial charge in [0.05, 0.1) is 29.2 Å². The van der Waals surface area contributed by atoms with E-state index >= 15 is 0 Å². The van der Waals surface area contributed by atoms with Crippen molar-refractivity contribution in [2.24, 2.45) is 7.05 Å². The van der Waals surface area contributed by atoms with Crippen LogP contribution in [0.4, 0.5) is 17.6 Å². The van der Waals surface area contributed by atoms with E-state index in [1.165, 1.54) is 4.90 Å². The minimum absolute atomic E-state index is 0.299. The minimum Gasteiger partial charge on any atom is -0.327 e. The van der Waals surface area contributed by atoms with Gasteiger partial charge in [-0.1, -0.05) is 0 Å². The second-order valence-corrected chi connectivity index (χ2v) is 8.42. The summed E-state index contributed by atoms with van der Waals surface area (Å²) in [7, 11) is 1.80. The van der Waals surface area contributed by atoms with Gasteiger partial charge in [-0.3, -0.25) is 9.48 Å². The van der Waals surface area contributed by atoms with E-state index in [0.29, 0.717) is 30.8 Å². The summed E-state index contributed by atoms with van der Waals surface area (Å²) in [4.78, 5) is 27.2. The second-order valence-electron chi connectivity index (χ2n) is 8.42. The van der Waals surface area contributed by atoms with Crippen LogP contribution >= 0.6 is 0 Å². The molecule has 0 radical (unpaired) electrons. The lowest BCUT2D eigenvalue weighted by molar-refractivity contribution is -0.143. The Morgan fingerprint density at radius 1 is 1.21 bits per heavy atom. The monoisotopic (exact) mass is 460 g/mol. The topological polar surface area (TPSA) is 76.8 Å². The summed E-state index contributed by atoms with van der Waals surface area (Å²) in [5.41, 5.74) is 0.815. The van der Waals surface area contributed by atoms with Crippen molar-refractivity contribution in [1.29, 1.82) is 0 Å². The molecule has 1 fully saturated rings. The number of carbonyl (C=O) groups is 1. The van der Waals surface area contributed by atoms with Crippen molar-refractivity contribution in [3.8, 4) is 11.3 Å². The normalized spacial score (nSPS) is 20.0. The molecule has 2 aliphatic heterocycles. The highest BCUT2D eigenvalue weighted by atomic mass is 19.4. The molecule has 0 unspecified atom stereocenters. The summed E-state index contributed by atoms with van der Waals surface area (Å²) in [6, 6.07) is 0.233. The SMILES string of the molecule is Cc1nc(-c2cnn(C)c2)c2c(n1)[C@H]1CCC[C@@H](C2)N1C(=O)c1ccnc(C(F)(F)F)c1F. The van der Waals surface area contributed by atoms with Crippen LogP contribution in [0.1, 0.15) is 58.4 Å². The Morgan fingerprint density at radius 2 is 2.00 bits per heavy atom. The summed E-state index contributed by atoms with van der Waals surface area (Å²) >= 11 is 0. The van der Waals surface area contributed by atoms with Crippen molar-refractivity contribution < 1.29 is 22.4 Å². The zero-order valence-corrected chi connectivity index (χ0v) is 17.9. The maximum absolute atomic E-state index is 14.7. The first-order chi connectivity index (χ1) is 15.6. The molecule has 33 heavy (non-hydrogen) atoms. The number of carbonyl (C=O) groups excluding carboxylic acids is 1. The molecule has 7 nitrogen and oxygen atoms in total. The number of hydrogen-bond acceptors (Lipinski definition) is 5. The van der Waals surface area contributed by atoms with Crippen LogP contribution in [0.2, 0.25) is 0 Å². The van der Waals surface area contributed by atoms with Crippen molar-refractivity contribution in [3.05, 3.63) is 58.8 Å². The van der Waals surface area contributed by atoms with Crippen LogP contribution in [0.25, 0.3) is 11.3 Å². The van der Waals surface area contributed by atoms with Gasteiger partial charge in [-0.05, 0) is 38.7 Å². The maximum atomic E-state index is 14.7. The Kier molecular flexibility index (Phi) is 4.95. The van der Waals surface area contributed by atoms with Gasteiger partial charge in [-0.25, -0.2) is 19.3 Å². The van der Waals surface area contributed by atoms with E-state index < -0.39 is 35.2 Å². The molecular formula is C22H20F4N6O. The highest BCUT2D eigenvalue weighted by Crippen LogP contribution is 2.44. The first-order valence-corrected chi connectivity index (χ1v) is 10.6. The van der Waals surface area contributed by atoms with Crippen LogP contribution in [0.15, 0.2) is 24.7 Å². The molecule has 11 heteroatoms. The van der Waals surface area contributed by atoms with Crippen LogP contribution in [-0.2, 0) is 19.6 Å². The zero-order chi connectivity index (χ0) is 23.5. The number of fused-ring (bicyclic) bond motifs is 4. The Balaban J connectivity index is 1.60. The zero-order valence-electron chi connectivity index (χ0n) is 17.9. The summed E-state index contributed by atoms with van der Waals surface area (Å²) in [6.07, 6.45) is 1.88. The van der Waals surface area contributed by atoms with Crippen molar-refractivity contribution >= 4 is 5.91 Å². The number of hydrogen-bond donors (Lipinski definition) is 0. The smallest absolute Gasteiger partial charge is 0.327 e. The van der Waals surface area contributed by atoms with E-state index in [2.05, 4.69) is 20.1 Å². The molecule has 172 valence electrons. The predicted octanol–water partition coefficient (Wildman–Crippen LogP) is 4.03. The minimum atomic E-state index is -4.99. The van der Waals surface area contributed by atoms with Crippen LogP contribution in [0.3, 0.4) is 0 Å². The Hall–Kier alpha value is -3.37.